The predicted molar refractivity (Wildman–Crippen MR) is 75.7 cm³/mol. The van der Waals surface area contributed by atoms with E-state index in [1.165, 1.54) is 6.07 Å². The third-order valence-corrected chi connectivity index (χ3v) is 3.73. The molecule has 0 aliphatic rings. The maximum atomic E-state index is 13.2. The number of benzene rings is 1. The summed E-state index contributed by atoms with van der Waals surface area (Å²) in [5, 5.41) is 4.43. The van der Waals surface area contributed by atoms with Gasteiger partial charge in [-0.1, -0.05) is 6.92 Å². The van der Waals surface area contributed by atoms with Crippen LogP contribution in [-0.2, 0) is 0 Å². The van der Waals surface area contributed by atoms with Crippen molar-refractivity contribution in [3.8, 4) is 11.3 Å². The van der Waals surface area contributed by atoms with Crippen LogP contribution in [0.2, 0.25) is 0 Å². The number of carbonyl (C=O) groups excluding carboxylic acids is 1. The van der Waals surface area contributed by atoms with Crippen LogP contribution in [-0.4, -0.2) is 16.1 Å². The molecule has 0 amide bonds. The van der Waals surface area contributed by atoms with Gasteiger partial charge in [0.15, 0.2) is 6.29 Å². The highest BCUT2D eigenvalue weighted by Gasteiger charge is 2.14. The van der Waals surface area contributed by atoms with Gasteiger partial charge in [0.25, 0.3) is 0 Å². The minimum Gasteiger partial charge on any atom is -0.298 e. The molecule has 0 saturated carbocycles. The van der Waals surface area contributed by atoms with E-state index in [1.54, 1.807) is 23.0 Å². The normalized spacial score (nSPS) is 12.4. The SMILES string of the molecule is CCC(C)n1cc(C=O)c(-c2ccc(F)c(Br)c2)n1. The summed E-state index contributed by atoms with van der Waals surface area (Å²) in [6, 6.07) is 4.83. The van der Waals surface area contributed by atoms with Crippen LogP contribution in [0.25, 0.3) is 11.3 Å². The highest BCUT2D eigenvalue weighted by atomic mass is 79.9. The molecule has 19 heavy (non-hydrogen) atoms. The molecule has 0 saturated heterocycles. The molecule has 0 fully saturated rings. The third-order valence-electron chi connectivity index (χ3n) is 3.12. The number of aromatic nitrogens is 2. The van der Waals surface area contributed by atoms with Crippen molar-refractivity contribution in [3.63, 3.8) is 0 Å². The molecule has 1 aromatic heterocycles. The first kappa shape index (κ1) is 13.9. The monoisotopic (exact) mass is 324 g/mol. The van der Waals surface area contributed by atoms with Crippen molar-refractivity contribution >= 4 is 22.2 Å². The van der Waals surface area contributed by atoms with Gasteiger partial charge in [-0.15, -0.1) is 0 Å². The van der Waals surface area contributed by atoms with Crippen LogP contribution in [0.4, 0.5) is 4.39 Å². The van der Waals surface area contributed by atoms with E-state index in [2.05, 4.69) is 28.0 Å². The summed E-state index contributed by atoms with van der Waals surface area (Å²) < 4.78 is 15.4. The summed E-state index contributed by atoms with van der Waals surface area (Å²) in [6.45, 7) is 4.09. The van der Waals surface area contributed by atoms with Gasteiger partial charge in [-0.2, -0.15) is 5.10 Å². The van der Waals surface area contributed by atoms with Crippen molar-refractivity contribution in [1.82, 2.24) is 9.78 Å². The molecule has 0 bridgehead atoms. The van der Waals surface area contributed by atoms with Gasteiger partial charge in [-0.25, -0.2) is 4.39 Å². The zero-order valence-electron chi connectivity index (χ0n) is 10.7. The first-order valence-corrected chi connectivity index (χ1v) is 6.85. The number of hydrogen-bond donors (Lipinski definition) is 0. The van der Waals surface area contributed by atoms with E-state index in [-0.39, 0.29) is 11.9 Å². The Morgan fingerprint density at radius 3 is 2.84 bits per heavy atom. The smallest absolute Gasteiger partial charge is 0.153 e. The predicted octanol–water partition coefficient (Wildman–Crippen LogP) is 4.24. The van der Waals surface area contributed by atoms with Crippen LogP contribution in [0.3, 0.4) is 0 Å². The van der Waals surface area contributed by atoms with Crippen LogP contribution in [0.15, 0.2) is 28.9 Å². The molecule has 0 aliphatic carbocycles. The molecule has 0 radical (unpaired) electrons. The fourth-order valence-electron chi connectivity index (χ4n) is 1.77. The summed E-state index contributed by atoms with van der Waals surface area (Å²) in [6.07, 6.45) is 3.43. The number of rotatable bonds is 4. The highest BCUT2D eigenvalue weighted by molar-refractivity contribution is 9.10. The van der Waals surface area contributed by atoms with E-state index in [9.17, 15) is 9.18 Å². The Balaban J connectivity index is 2.51. The average molecular weight is 325 g/mol. The maximum Gasteiger partial charge on any atom is 0.153 e. The minimum atomic E-state index is -0.335. The van der Waals surface area contributed by atoms with E-state index in [0.717, 1.165) is 18.3 Å². The third kappa shape index (κ3) is 2.76. The lowest BCUT2D eigenvalue weighted by atomic mass is 10.1. The van der Waals surface area contributed by atoms with Crippen LogP contribution in [0.5, 0.6) is 0 Å². The molecule has 0 aliphatic heterocycles. The van der Waals surface area contributed by atoms with E-state index in [1.807, 2.05) is 6.92 Å². The van der Waals surface area contributed by atoms with Gasteiger partial charge in [-0.05, 0) is 47.5 Å². The van der Waals surface area contributed by atoms with Crippen molar-refractivity contribution in [2.24, 2.45) is 0 Å². The molecular formula is C14H14BrFN2O. The number of carbonyl (C=O) groups is 1. The van der Waals surface area contributed by atoms with Crippen LogP contribution in [0.1, 0.15) is 36.7 Å². The molecule has 2 rings (SSSR count). The van der Waals surface area contributed by atoms with Gasteiger partial charge >= 0.3 is 0 Å². The van der Waals surface area contributed by atoms with Crippen molar-refractivity contribution in [1.29, 1.82) is 0 Å². The first-order valence-electron chi connectivity index (χ1n) is 6.06. The lowest BCUT2D eigenvalue weighted by Crippen LogP contribution is -2.04. The van der Waals surface area contributed by atoms with Crippen LogP contribution >= 0.6 is 15.9 Å². The highest BCUT2D eigenvalue weighted by Crippen LogP contribution is 2.27. The van der Waals surface area contributed by atoms with Crippen molar-refractivity contribution in [3.05, 3.63) is 40.2 Å². The second-order valence-electron chi connectivity index (χ2n) is 4.42. The van der Waals surface area contributed by atoms with Gasteiger partial charge in [-0.3, -0.25) is 9.48 Å². The molecule has 100 valence electrons. The van der Waals surface area contributed by atoms with Crippen molar-refractivity contribution in [2.45, 2.75) is 26.3 Å². The Kier molecular flexibility index (Phi) is 4.14. The molecule has 5 heteroatoms. The van der Waals surface area contributed by atoms with Gasteiger partial charge < -0.3 is 0 Å². The Labute approximate surface area is 119 Å². The van der Waals surface area contributed by atoms with Gasteiger partial charge in [0, 0.05) is 17.8 Å². The lowest BCUT2D eigenvalue weighted by molar-refractivity contribution is 0.112. The Morgan fingerprint density at radius 1 is 1.53 bits per heavy atom. The van der Waals surface area contributed by atoms with Crippen LogP contribution < -0.4 is 0 Å². The summed E-state index contributed by atoms with van der Waals surface area (Å²) >= 11 is 3.14. The van der Waals surface area contributed by atoms with Gasteiger partial charge in [0.1, 0.15) is 11.5 Å². The molecule has 3 nitrogen and oxygen atoms in total. The lowest BCUT2D eigenvalue weighted by Gasteiger charge is -2.08. The minimum absolute atomic E-state index is 0.219. The van der Waals surface area contributed by atoms with Crippen LogP contribution in [0, 0.1) is 5.82 Å². The second kappa shape index (κ2) is 5.65. The number of halogens is 2. The van der Waals surface area contributed by atoms with Crippen molar-refractivity contribution < 1.29 is 9.18 Å². The summed E-state index contributed by atoms with van der Waals surface area (Å²) in [4.78, 5) is 11.1. The van der Waals surface area contributed by atoms with E-state index in [0.29, 0.717) is 15.7 Å². The summed E-state index contributed by atoms with van der Waals surface area (Å²) in [5.41, 5.74) is 1.81. The molecule has 1 aromatic carbocycles. The first-order chi connectivity index (χ1) is 9.06. The molecular weight excluding hydrogens is 311 g/mol. The van der Waals surface area contributed by atoms with Crippen molar-refractivity contribution in [2.75, 3.05) is 0 Å². The zero-order valence-corrected chi connectivity index (χ0v) is 12.3. The van der Waals surface area contributed by atoms with Gasteiger partial charge in [0.05, 0.1) is 10.0 Å². The fourth-order valence-corrected chi connectivity index (χ4v) is 2.15. The molecule has 2 aromatic rings. The zero-order chi connectivity index (χ0) is 14.0. The molecule has 0 N–H and O–H groups in total. The average Bonchev–Trinajstić information content (AvgIpc) is 2.85. The van der Waals surface area contributed by atoms with Gasteiger partial charge in [0.2, 0.25) is 0 Å². The van der Waals surface area contributed by atoms with E-state index < -0.39 is 0 Å². The second-order valence-corrected chi connectivity index (χ2v) is 5.27. The Morgan fingerprint density at radius 2 is 2.26 bits per heavy atom. The largest absolute Gasteiger partial charge is 0.298 e. The fraction of sp³-hybridized carbons (Fsp3) is 0.286. The standard InChI is InChI=1S/C14H14BrFN2O/c1-3-9(2)18-7-11(8-19)14(17-18)10-4-5-13(16)12(15)6-10/h4-9H,3H2,1-2H3. The Hall–Kier alpha value is -1.49. The number of nitrogens with zero attached hydrogens (tertiary/aromatic N) is 2. The molecule has 1 unspecified atom stereocenters. The molecule has 1 heterocycles. The maximum absolute atomic E-state index is 13.2. The summed E-state index contributed by atoms with van der Waals surface area (Å²) in [7, 11) is 0. The number of aldehydes is 1. The van der Waals surface area contributed by atoms with E-state index in [4.69, 9.17) is 0 Å². The number of hydrogen-bond acceptors (Lipinski definition) is 2. The topological polar surface area (TPSA) is 34.9 Å². The molecule has 0 spiro atoms. The van der Waals surface area contributed by atoms with E-state index >= 15 is 0 Å². The Bertz CT molecular complexity index is 609. The quantitative estimate of drug-likeness (QED) is 0.788. The summed E-state index contributed by atoms with van der Waals surface area (Å²) in [5.74, 6) is -0.335. The molecule has 1 atom stereocenters.